The molecule has 0 radical (unpaired) electrons. The van der Waals surface area contributed by atoms with Crippen LogP contribution in [0.3, 0.4) is 0 Å². The quantitative estimate of drug-likeness (QED) is 0.309. The molecule has 7 aliphatic rings. The average Bonchev–Trinajstić information content (AvgIpc) is 3.48. The second-order valence-electron chi connectivity index (χ2n) is 16.2. The molecule has 7 rings (SSSR count). The van der Waals surface area contributed by atoms with Gasteiger partial charge >= 0.3 is 6.09 Å². The minimum Gasteiger partial charge on any atom is -0.444 e. The van der Waals surface area contributed by atoms with Gasteiger partial charge in [-0.05, 0) is 77.7 Å². The molecule has 3 N–H and O–H groups in total. The topological polar surface area (TPSA) is 129 Å². The molecule has 0 aromatic rings. The predicted octanol–water partition coefficient (Wildman–Crippen LogP) is 2.83. The maximum absolute atomic E-state index is 16.5. The summed E-state index contributed by atoms with van der Waals surface area (Å²) in [7, 11) is 0. The SMILES string of the molecule is CC(C)(C)OC(=O)NC1CCN(C2C(F)CC3C(=O)C(C(=O)NC(=O)C4CCCNC4)=CN4C5CC6CCCCC6CC5OC2C34)C1. The number of imide groups is 1. The second kappa shape index (κ2) is 13.0. The number of morpholine rings is 1. The molecule has 6 fully saturated rings. The van der Waals surface area contributed by atoms with Crippen LogP contribution in [0.25, 0.3) is 0 Å². The molecule has 0 spiro atoms. The van der Waals surface area contributed by atoms with Gasteiger partial charge in [-0.3, -0.25) is 24.6 Å². The number of carbonyl (C=O) groups excluding carboxylic acids is 4. The van der Waals surface area contributed by atoms with Gasteiger partial charge in [0.05, 0.1) is 41.8 Å². The van der Waals surface area contributed by atoms with Crippen LogP contribution in [0.1, 0.15) is 85.0 Å². The molecule has 3 amide bonds. The molecule has 4 heterocycles. The van der Waals surface area contributed by atoms with Gasteiger partial charge in [-0.2, -0.15) is 0 Å². The molecule has 3 saturated carbocycles. The summed E-state index contributed by atoms with van der Waals surface area (Å²) in [5.74, 6) is -1.38. The van der Waals surface area contributed by atoms with E-state index in [4.69, 9.17) is 9.47 Å². The van der Waals surface area contributed by atoms with E-state index in [0.29, 0.717) is 44.3 Å². The number of fused-ring (bicyclic) bond motifs is 3. The third-order valence-corrected chi connectivity index (χ3v) is 12.0. The Bertz CT molecular complexity index is 1280. The molecule has 3 saturated heterocycles. The highest BCUT2D eigenvalue weighted by Gasteiger charge is 2.61. The van der Waals surface area contributed by atoms with Crippen LogP contribution in [-0.2, 0) is 23.9 Å². The van der Waals surface area contributed by atoms with Gasteiger partial charge in [-0.25, -0.2) is 9.18 Å². The number of hydrogen-bond donors (Lipinski definition) is 3. The number of hydrogen-bond acceptors (Lipinski definition) is 9. The zero-order valence-electron chi connectivity index (χ0n) is 28.0. The Labute approximate surface area is 277 Å². The van der Waals surface area contributed by atoms with Crippen LogP contribution in [0.2, 0.25) is 0 Å². The molecular formula is C35H52FN5O6. The zero-order valence-corrected chi connectivity index (χ0v) is 28.0. The number of Topliss-reactive ketones (excluding diaryl/α,β-unsaturated/α-hetero) is 1. The van der Waals surface area contributed by atoms with Gasteiger partial charge in [0.25, 0.3) is 5.91 Å². The summed E-state index contributed by atoms with van der Waals surface area (Å²) in [6.07, 6.45) is 7.96. The van der Waals surface area contributed by atoms with Crippen molar-refractivity contribution in [2.24, 2.45) is 23.7 Å². The highest BCUT2D eigenvalue weighted by Crippen LogP contribution is 2.51. The monoisotopic (exact) mass is 657 g/mol. The molecule has 12 heteroatoms. The molecule has 0 aromatic heterocycles. The van der Waals surface area contributed by atoms with Crippen molar-refractivity contribution in [2.45, 2.75) is 133 Å². The molecular weight excluding hydrogens is 605 g/mol. The molecule has 3 aliphatic carbocycles. The van der Waals surface area contributed by atoms with E-state index in [1.807, 2.05) is 20.8 Å². The lowest BCUT2D eigenvalue weighted by molar-refractivity contribution is -0.219. The Balaban J connectivity index is 1.15. The molecule has 11 unspecified atom stereocenters. The zero-order chi connectivity index (χ0) is 33.0. The standard InChI is InChI=1S/C35H52FN5O6/c1-35(2,3)47-34(45)38-22-10-12-40(17-22)29-25(36)15-23-28-31(29)46-27-14-20-8-5-4-7-19(20)13-26(27)41(28)18-24(30(23)42)33(44)39-32(43)21-9-6-11-37-16-21/h18-23,25-29,31,37H,4-17H2,1-3H3,(H,38,45)(H,39,43,44). The maximum atomic E-state index is 16.5. The van der Waals surface area contributed by atoms with E-state index in [1.54, 1.807) is 6.20 Å². The number of rotatable bonds is 4. The van der Waals surface area contributed by atoms with Gasteiger partial charge in [0.15, 0.2) is 5.78 Å². The summed E-state index contributed by atoms with van der Waals surface area (Å²) in [6, 6.07) is -1.16. The number of likely N-dealkylation sites (tertiary alicyclic amines) is 1. The molecule has 47 heavy (non-hydrogen) atoms. The van der Waals surface area contributed by atoms with Crippen molar-refractivity contribution in [3.05, 3.63) is 11.8 Å². The summed E-state index contributed by atoms with van der Waals surface area (Å²) in [5, 5.41) is 8.68. The Hall–Kier alpha value is -2.57. The number of piperidine rings is 1. The summed E-state index contributed by atoms with van der Waals surface area (Å²) in [6.45, 7) is 7.87. The van der Waals surface area contributed by atoms with Gasteiger partial charge in [0.1, 0.15) is 11.8 Å². The number of ether oxygens (including phenoxy) is 2. The van der Waals surface area contributed by atoms with Crippen molar-refractivity contribution in [3.63, 3.8) is 0 Å². The van der Waals surface area contributed by atoms with E-state index < -0.39 is 53.7 Å². The fourth-order valence-corrected chi connectivity index (χ4v) is 9.87. The number of halogens is 1. The van der Waals surface area contributed by atoms with Crippen LogP contribution in [0.5, 0.6) is 0 Å². The minimum absolute atomic E-state index is 0.00998. The lowest BCUT2D eigenvalue weighted by atomic mass is 9.64. The normalized spacial score (nSPS) is 40.3. The highest BCUT2D eigenvalue weighted by atomic mass is 19.1. The molecule has 4 aliphatic heterocycles. The van der Waals surface area contributed by atoms with Gasteiger partial charge in [0, 0.05) is 37.8 Å². The van der Waals surface area contributed by atoms with Crippen LogP contribution in [0.4, 0.5) is 9.18 Å². The maximum Gasteiger partial charge on any atom is 0.407 e. The van der Waals surface area contributed by atoms with Crippen molar-refractivity contribution in [1.82, 2.24) is 25.8 Å². The fraction of sp³-hybridized carbons (Fsp3) is 0.829. The highest BCUT2D eigenvalue weighted by molar-refractivity contribution is 6.23. The molecule has 0 bridgehead atoms. The number of nitrogens with one attached hydrogen (secondary N) is 3. The number of alkyl halides is 1. The number of amides is 3. The van der Waals surface area contributed by atoms with Crippen LogP contribution in [0.15, 0.2) is 11.8 Å². The third-order valence-electron chi connectivity index (χ3n) is 12.0. The van der Waals surface area contributed by atoms with E-state index in [1.165, 1.54) is 25.7 Å². The fourth-order valence-electron chi connectivity index (χ4n) is 9.87. The largest absolute Gasteiger partial charge is 0.444 e. The molecule has 0 aromatic carbocycles. The minimum atomic E-state index is -1.35. The smallest absolute Gasteiger partial charge is 0.407 e. The Morgan fingerprint density at radius 3 is 2.51 bits per heavy atom. The number of carbonyl (C=O) groups is 4. The predicted molar refractivity (Wildman–Crippen MR) is 171 cm³/mol. The number of nitrogens with zero attached hydrogens (tertiary/aromatic N) is 2. The van der Waals surface area contributed by atoms with Gasteiger partial charge < -0.3 is 25.0 Å². The van der Waals surface area contributed by atoms with E-state index in [-0.39, 0.29) is 42.0 Å². The average molecular weight is 658 g/mol. The number of ketones is 1. The van der Waals surface area contributed by atoms with Crippen molar-refractivity contribution < 1.29 is 33.0 Å². The van der Waals surface area contributed by atoms with Crippen LogP contribution in [-0.4, -0.2) is 108 Å². The van der Waals surface area contributed by atoms with Crippen molar-refractivity contribution in [1.29, 1.82) is 0 Å². The molecule has 260 valence electrons. The first-order valence-corrected chi connectivity index (χ1v) is 18.1. The van der Waals surface area contributed by atoms with E-state index in [9.17, 15) is 19.2 Å². The first kappa shape index (κ1) is 33.0. The van der Waals surface area contributed by atoms with Crippen LogP contribution < -0.4 is 16.0 Å². The first-order chi connectivity index (χ1) is 22.5. The lowest BCUT2D eigenvalue weighted by Crippen LogP contribution is -2.73. The van der Waals surface area contributed by atoms with Gasteiger partial charge in [0.2, 0.25) is 5.91 Å². The summed E-state index contributed by atoms with van der Waals surface area (Å²) in [4.78, 5) is 57.5. The number of alkyl carbamates (subject to hydrolysis) is 1. The second-order valence-corrected chi connectivity index (χ2v) is 16.2. The Morgan fingerprint density at radius 1 is 1.02 bits per heavy atom. The Kier molecular flexibility index (Phi) is 9.14. The summed E-state index contributed by atoms with van der Waals surface area (Å²) >= 11 is 0. The summed E-state index contributed by atoms with van der Waals surface area (Å²) in [5.41, 5.74) is -0.656. The van der Waals surface area contributed by atoms with Gasteiger partial charge in [-0.15, -0.1) is 0 Å². The van der Waals surface area contributed by atoms with Crippen molar-refractivity contribution in [3.8, 4) is 0 Å². The van der Waals surface area contributed by atoms with Crippen molar-refractivity contribution in [2.75, 3.05) is 26.2 Å². The van der Waals surface area contributed by atoms with E-state index >= 15 is 4.39 Å². The Morgan fingerprint density at radius 2 is 1.79 bits per heavy atom. The molecule has 11 atom stereocenters. The van der Waals surface area contributed by atoms with Crippen LogP contribution >= 0.6 is 0 Å². The molecule has 11 nitrogen and oxygen atoms in total. The first-order valence-electron chi connectivity index (χ1n) is 18.1. The lowest BCUT2D eigenvalue weighted by Gasteiger charge is -2.61. The van der Waals surface area contributed by atoms with Gasteiger partial charge in [-0.1, -0.05) is 25.7 Å². The third kappa shape index (κ3) is 6.58. The van der Waals surface area contributed by atoms with Crippen molar-refractivity contribution >= 4 is 23.7 Å². The summed E-state index contributed by atoms with van der Waals surface area (Å²) < 4.78 is 29.0. The van der Waals surface area contributed by atoms with Crippen LogP contribution in [0, 0.1) is 23.7 Å². The van der Waals surface area contributed by atoms with E-state index in [2.05, 4.69) is 25.8 Å². The van der Waals surface area contributed by atoms with E-state index in [0.717, 1.165) is 25.8 Å².